The second-order valence-corrected chi connectivity index (χ2v) is 3.93. The van der Waals surface area contributed by atoms with Gasteiger partial charge in [0, 0.05) is 5.56 Å². The highest BCUT2D eigenvalue weighted by Crippen LogP contribution is 2.17. The van der Waals surface area contributed by atoms with Crippen LogP contribution >= 0.6 is 0 Å². The highest BCUT2D eigenvalue weighted by molar-refractivity contribution is 5.90. The third-order valence-electron chi connectivity index (χ3n) is 2.17. The zero-order valence-corrected chi connectivity index (χ0v) is 10.6. The van der Waals surface area contributed by atoms with Crippen LogP contribution in [0.4, 0.5) is 23.7 Å². The number of aryl methyl sites for hydroxylation is 1. The highest BCUT2D eigenvalue weighted by atomic mass is 19.4. The first kappa shape index (κ1) is 15.9. The molecule has 0 aliphatic rings. The second kappa shape index (κ2) is 6.82. The number of halogens is 3. The summed E-state index contributed by atoms with van der Waals surface area (Å²) < 4.78 is 35.9. The largest absolute Gasteiger partial charge is 0.405 e. The van der Waals surface area contributed by atoms with Gasteiger partial charge in [0.25, 0.3) is 0 Å². The van der Waals surface area contributed by atoms with Crippen LogP contribution in [0.1, 0.15) is 11.1 Å². The second-order valence-electron chi connectivity index (χ2n) is 3.93. The predicted molar refractivity (Wildman–Crippen MR) is 68.2 cm³/mol. The van der Waals surface area contributed by atoms with E-state index in [2.05, 4.69) is 17.2 Å². The van der Waals surface area contributed by atoms with Gasteiger partial charge in [0.2, 0.25) is 0 Å². The molecular weight excluding hydrogens is 273 g/mol. The average molecular weight is 286 g/mol. The van der Waals surface area contributed by atoms with Crippen LogP contribution in [0.3, 0.4) is 0 Å². The Labute approximate surface area is 114 Å². The van der Waals surface area contributed by atoms with Crippen molar-refractivity contribution < 1.29 is 23.1 Å². The maximum atomic E-state index is 12.0. The van der Waals surface area contributed by atoms with E-state index in [-0.39, 0.29) is 12.3 Å². The molecule has 0 spiro atoms. The molecular formula is C13H13F3N2O2. The van der Waals surface area contributed by atoms with E-state index in [1.807, 2.05) is 0 Å². The van der Waals surface area contributed by atoms with Crippen molar-refractivity contribution in [2.75, 3.05) is 18.5 Å². The number of anilines is 1. The van der Waals surface area contributed by atoms with Crippen LogP contribution in [0.25, 0.3) is 0 Å². The molecule has 1 rings (SSSR count). The maximum absolute atomic E-state index is 12.0. The lowest BCUT2D eigenvalue weighted by Gasteiger charge is -2.11. The van der Waals surface area contributed by atoms with Gasteiger partial charge in [-0.05, 0) is 24.6 Å². The van der Waals surface area contributed by atoms with E-state index in [0.717, 1.165) is 5.56 Å². The first-order valence-corrected chi connectivity index (χ1v) is 5.64. The molecule has 0 bridgehead atoms. The fourth-order valence-electron chi connectivity index (χ4n) is 1.35. The molecule has 108 valence electrons. The number of alkyl halides is 3. The Morgan fingerprint density at radius 2 is 2.10 bits per heavy atom. The number of amides is 2. The molecule has 20 heavy (non-hydrogen) atoms. The van der Waals surface area contributed by atoms with Crippen LogP contribution in [0, 0.1) is 18.8 Å². The monoisotopic (exact) mass is 286 g/mol. The molecule has 0 radical (unpaired) electrons. The summed E-state index contributed by atoms with van der Waals surface area (Å²) in [7, 11) is 0. The van der Waals surface area contributed by atoms with Gasteiger partial charge in [-0.15, -0.1) is 0 Å². The summed E-state index contributed by atoms with van der Waals surface area (Å²) in [5.41, 5.74) is 1.56. The van der Waals surface area contributed by atoms with Crippen LogP contribution in [-0.4, -0.2) is 30.5 Å². The molecule has 3 N–H and O–H groups in total. The van der Waals surface area contributed by atoms with Gasteiger partial charge in [0.05, 0.1) is 5.69 Å². The molecule has 0 heterocycles. The van der Waals surface area contributed by atoms with E-state index in [0.29, 0.717) is 5.56 Å². The van der Waals surface area contributed by atoms with E-state index < -0.39 is 18.8 Å². The quantitative estimate of drug-likeness (QED) is 0.728. The fraction of sp³-hybridized carbons (Fsp3) is 0.308. The molecule has 0 aliphatic heterocycles. The van der Waals surface area contributed by atoms with Gasteiger partial charge in [0.15, 0.2) is 0 Å². The fourth-order valence-corrected chi connectivity index (χ4v) is 1.35. The van der Waals surface area contributed by atoms with Gasteiger partial charge in [-0.2, -0.15) is 13.2 Å². The van der Waals surface area contributed by atoms with Crippen molar-refractivity contribution in [2.45, 2.75) is 13.1 Å². The van der Waals surface area contributed by atoms with E-state index in [1.165, 1.54) is 6.07 Å². The van der Waals surface area contributed by atoms with Gasteiger partial charge in [-0.25, -0.2) is 4.79 Å². The summed E-state index contributed by atoms with van der Waals surface area (Å²) in [4.78, 5) is 11.4. The van der Waals surface area contributed by atoms with Crippen LogP contribution in [0.5, 0.6) is 0 Å². The molecule has 0 saturated heterocycles. The average Bonchev–Trinajstić information content (AvgIpc) is 2.36. The van der Waals surface area contributed by atoms with Crippen molar-refractivity contribution in [3.8, 4) is 11.8 Å². The lowest BCUT2D eigenvalue weighted by atomic mass is 10.1. The molecule has 0 saturated carbocycles. The lowest BCUT2D eigenvalue weighted by molar-refractivity contribution is -0.122. The number of aliphatic hydroxyl groups is 1. The molecule has 0 atom stereocenters. The molecule has 0 aromatic heterocycles. The Morgan fingerprint density at radius 1 is 1.40 bits per heavy atom. The number of carbonyl (C=O) groups excluding carboxylic acids is 1. The van der Waals surface area contributed by atoms with Crippen LogP contribution in [0.15, 0.2) is 18.2 Å². The molecule has 7 heteroatoms. The summed E-state index contributed by atoms with van der Waals surface area (Å²) in [6.45, 7) is 0.0353. The van der Waals surface area contributed by atoms with Crippen molar-refractivity contribution in [3.63, 3.8) is 0 Å². The van der Waals surface area contributed by atoms with Crippen LogP contribution in [0.2, 0.25) is 0 Å². The number of aliphatic hydroxyl groups excluding tert-OH is 1. The van der Waals surface area contributed by atoms with Gasteiger partial charge in [-0.3, -0.25) is 0 Å². The number of nitrogens with one attached hydrogen (secondary N) is 2. The van der Waals surface area contributed by atoms with Crippen molar-refractivity contribution >= 4 is 11.7 Å². The Balaban J connectivity index is 2.79. The van der Waals surface area contributed by atoms with Gasteiger partial charge in [-0.1, -0.05) is 17.9 Å². The smallest absolute Gasteiger partial charge is 0.384 e. The number of hydrogen-bond donors (Lipinski definition) is 3. The molecule has 1 aromatic rings. The predicted octanol–water partition coefficient (Wildman–Crippen LogP) is 2.02. The minimum atomic E-state index is -4.47. The summed E-state index contributed by atoms with van der Waals surface area (Å²) in [6.07, 6.45) is -4.47. The maximum Gasteiger partial charge on any atom is 0.405 e. The van der Waals surface area contributed by atoms with Gasteiger partial charge in [0.1, 0.15) is 13.2 Å². The Bertz CT molecular complexity index is 545. The van der Waals surface area contributed by atoms with Crippen molar-refractivity contribution in [1.29, 1.82) is 0 Å². The Hall–Kier alpha value is -2.20. The third kappa shape index (κ3) is 5.63. The first-order chi connectivity index (χ1) is 9.31. The summed E-state index contributed by atoms with van der Waals surface area (Å²) in [6, 6.07) is 3.90. The van der Waals surface area contributed by atoms with Gasteiger partial charge < -0.3 is 15.7 Å². The zero-order valence-electron chi connectivity index (χ0n) is 10.6. The molecule has 0 fully saturated rings. The Morgan fingerprint density at radius 3 is 2.70 bits per heavy atom. The molecule has 1 aromatic carbocycles. The summed E-state index contributed by atoms with van der Waals surface area (Å²) in [5, 5.41) is 12.6. The van der Waals surface area contributed by atoms with E-state index in [9.17, 15) is 18.0 Å². The molecule has 2 amide bonds. The van der Waals surface area contributed by atoms with Crippen molar-refractivity contribution in [3.05, 3.63) is 29.3 Å². The topological polar surface area (TPSA) is 61.4 Å². The number of rotatable bonds is 2. The molecule has 0 aliphatic carbocycles. The zero-order chi connectivity index (χ0) is 15.2. The van der Waals surface area contributed by atoms with Gasteiger partial charge >= 0.3 is 12.2 Å². The first-order valence-electron chi connectivity index (χ1n) is 5.64. The third-order valence-corrected chi connectivity index (χ3v) is 2.17. The lowest BCUT2D eigenvalue weighted by Crippen LogP contribution is -2.36. The van der Waals surface area contributed by atoms with Crippen molar-refractivity contribution in [2.24, 2.45) is 0 Å². The number of benzene rings is 1. The SMILES string of the molecule is Cc1ccc(NC(=O)NCC(F)(F)F)c(C#CCO)c1. The molecule has 0 unspecified atom stereocenters. The number of carbonyl (C=O) groups is 1. The Kier molecular flexibility index (Phi) is 5.41. The van der Waals surface area contributed by atoms with Crippen LogP contribution < -0.4 is 10.6 Å². The van der Waals surface area contributed by atoms with Crippen LogP contribution in [-0.2, 0) is 0 Å². The standard InChI is InChI=1S/C13H13F3N2O2/c1-9-4-5-11(10(7-9)3-2-6-19)18-12(20)17-8-13(14,15)16/h4-5,7,19H,6,8H2,1H3,(H2,17,18,20). The molecule has 4 nitrogen and oxygen atoms in total. The summed E-state index contributed by atoms with van der Waals surface area (Å²) in [5.74, 6) is 5.03. The number of hydrogen-bond acceptors (Lipinski definition) is 2. The van der Waals surface area contributed by atoms with Crippen molar-refractivity contribution in [1.82, 2.24) is 5.32 Å². The van der Waals surface area contributed by atoms with E-state index >= 15 is 0 Å². The number of urea groups is 1. The minimum absolute atomic E-state index is 0.274. The summed E-state index contributed by atoms with van der Waals surface area (Å²) >= 11 is 0. The van der Waals surface area contributed by atoms with E-state index in [1.54, 1.807) is 24.4 Å². The highest BCUT2D eigenvalue weighted by Gasteiger charge is 2.27. The van der Waals surface area contributed by atoms with E-state index in [4.69, 9.17) is 5.11 Å². The normalized spacial score (nSPS) is 10.4. The minimum Gasteiger partial charge on any atom is -0.384 e.